The molecule has 13 heteroatoms. The third kappa shape index (κ3) is 5.29. The van der Waals surface area contributed by atoms with Crippen LogP contribution in [0, 0.1) is 11.3 Å². The van der Waals surface area contributed by atoms with Gasteiger partial charge in [0.15, 0.2) is 18.1 Å². The summed E-state index contributed by atoms with van der Waals surface area (Å²) in [6, 6.07) is -1.77. The van der Waals surface area contributed by atoms with Crippen molar-refractivity contribution < 1.29 is 40.2 Å². The van der Waals surface area contributed by atoms with Gasteiger partial charge in [-0.3, -0.25) is 0 Å². The van der Waals surface area contributed by atoms with Crippen LogP contribution in [0.3, 0.4) is 0 Å². The van der Waals surface area contributed by atoms with Crippen LogP contribution in [0.1, 0.15) is 12.5 Å². The molecule has 1 aromatic rings. The molecule has 1 aromatic carbocycles. The maximum absolute atomic E-state index is 13.1. The summed E-state index contributed by atoms with van der Waals surface area (Å²) in [5.74, 6) is -6.41. The Kier molecular flexibility index (Phi) is 7.13. The number of benzene rings is 1. The van der Waals surface area contributed by atoms with Crippen molar-refractivity contribution in [3.05, 3.63) is 22.7 Å². The van der Waals surface area contributed by atoms with Gasteiger partial charge in [0, 0.05) is 0 Å². The van der Waals surface area contributed by atoms with E-state index in [4.69, 9.17) is 26.3 Å². The summed E-state index contributed by atoms with van der Waals surface area (Å²) in [5.41, 5.74) is 0.405. The molecule has 0 aliphatic carbocycles. The fraction of sp³-hybridized carbons (Fsp3) is 0.429. The number of rotatable bonds is 8. The molecule has 1 N–H and O–H groups in total. The second kappa shape index (κ2) is 8.51. The number of nitriles is 1. The number of nitrogens with zero attached hydrogens (tertiary/aromatic N) is 2. The van der Waals surface area contributed by atoms with Gasteiger partial charge >= 0.3 is 18.1 Å². The van der Waals surface area contributed by atoms with E-state index in [0.717, 1.165) is 12.1 Å². The summed E-state index contributed by atoms with van der Waals surface area (Å²) in [6.45, 7) is 1.32. The highest BCUT2D eigenvalue weighted by molar-refractivity contribution is 6.32. The van der Waals surface area contributed by atoms with Gasteiger partial charge in [0.05, 0.1) is 17.8 Å². The fourth-order valence-electron chi connectivity index (χ4n) is 1.61. The van der Waals surface area contributed by atoms with Gasteiger partial charge in [0.25, 0.3) is 0 Å². The highest BCUT2D eigenvalue weighted by atomic mass is 35.5. The molecule has 0 aliphatic heterocycles. The molecule has 0 atom stereocenters. The van der Waals surface area contributed by atoms with Crippen LogP contribution >= 0.6 is 11.6 Å². The average molecular weight is 422 g/mol. The van der Waals surface area contributed by atoms with E-state index in [0.29, 0.717) is 11.6 Å². The van der Waals surface area contributed by atoms with Crippen molar-refractivity contribution in [3.63, 3.8) is 0 Å². The molecule has 0 heterocycles. The zero-order valence-electron chi connectivity index (χ0n) is 13.4. The molecule has 0 radical (unpaired) electrons. The Hall–Kier alpha value is -2.42. The summed E-state index contributed by atoms with van der Waals surface area (Å²) < 4.78 is 97.9. The summed E-state index contributed by atoms with van der Waals surface area (Å²) in [4.78, 5) is 0. The van der Waals surface area contributed by atoms with E-state index in [1.165, 1.54) is 0 Å². The zero-order valence-corrected chi connectivity index (χ0v) is 14.1. The third-order valence-electron chi connectivity index (χ3n) is 2.78. The van der Waals surface area contributed by atoms with Crippen LogP contribution in [0.5, 0.6) is 11.5 Å². The van der Waals surface area contributed by atoms with Crippen molar-refractivity contribution in [3.8, 4) is 17.6 Å². The van der Waals surface area contributed by atoms with Gasteiger partial charge in [-0.15, -0.1) is 0 Å². The van der Waals surface area contributed by atoms with Gasteiger partial charge in [-0.1, -0.05) is 11.6 Å². The zero-order chi connectivity index (χ0) is 20.9. The second-order valence-electron chi connectivity index (χ2n) is 4.73. The van der Waals surface area contributed by atoms with Crippen LogP contribution in [0.15, 0.2) is 17.2 Å². The molecule has 0 aromatic heterocycles. The number of nitrogens with one attached hydrogen (secondary N) is 1. The van der Waals surface area contributed by atoms with Crippen LogP contribution in [-0.2, 0) is 0 Å². The third-order valence-corrected chi connectivity index (χ3v) is 3.06. The lowest BCUT2D eigenvalue weighted by Crippen LogP contribution is -2.58. The maximum atomic E-state index is 13.1. The number of halogens is 8. The average Bonchev–Trinajstić information content (AvgIpc) is 2.53. The highest BCUT2D eigenvalue weighted by Gasteiger charge is 2.73. The van der Waals surface area contributed by atoms with Crippen LogP contribution in [-0.4, -0.2) is 37.6 Å². The molecule has 0 fully saturated rings. The van der Waals surface area contributed by atoms with Gasteiger partial charge in [0.2, 0.25) is 0 Å². The van der Waals surface area contributed by atoms with Gasteiger partial charge in [0.1, 0.15) is 6.07 Å². The Morgan fingerprint density at radius 2 is 1.81 bits per heavy atom. The Labute approximate surface area is 153 Å². The fourth-order valence-corrected chi connectivity index (χ4v) is 1.88. The summed E-state index contributed by atoms with van der Waals surface area (Å²) in [6.07, 6.45) is -5.95. The van der Waals surface area contributed by atoms with E-state index in [9.17, 15) is 30.7 Å². The summed E-state index contributed by atoms with van der Waals surface area (Å²) in [7, 11) is 0. The molecule has 0 unspecified atom stereocenters. The Balaban J connectivity index is 3.06. The van der Waals surface area contributed by atoms with Crippen LogP contribution in [0.4, 0.5) is 30.7 Å². The van der Waals surface area contributed by atoms with Gasteiger partial charge in [-0.2, -0.15) is 41.1 Å². The molecule has 0 spiro atoms. The monoisotopic (exact) mass is 421 g/mol. The lowest BCUT2D eigenvalue weighted by molar-refractivity contribution is -0.361. The minimum atomic E-state index is -6.48. The highest BCUT2D eigenvalue weighted by Crippen LogP contribution is 2.45. The maximum Gasteiger partial charge on any atom is 0.462 e. The second-order valence-corrected chi connectivity index (χ2v) is 5.13. The van der Waals surface area contributed by atoms with Crippen LogP contribution < -0.4 is 14.9 Å². The van der Waals surface area contributed by atoms with Crippen LogP contribution in [0.2, 0.25) is 5.02 Å². The van der Waals surface area contributed by atoms with Crippen LogP contribution in [0.25, 0.3) is 0 Å². The molecule has 150 valence electrons. The van der Waals surface area contributed by atoms with E-state index in [-0.39, 0.29) is 35.3 Å². The Morgan fingerprint density at radius 1 is 1.19 bits per heavy atom. The SMILES string of the molecule is CCOc1cc(/C=N/NC(F)(F)C(F)(F)C(F)(F)F)cc(Cl)c1OCC#N. The van der Waals surface area contributed by atoms with Gasteiger partial charge < -0.3 is 9.47 Å². The number of hydrogen-bond acceptors (Lipinski definition) is 5. The molecular weight excluding hydrogens is 411 g/mol. The topological polar surface area (TPSA) is 66.6 Å². The van der Waals surface area contributed by atoms with Crippen molar-refractivity contribution in [1.82, 2.24) is 5.43 Å². The van der Waals surface area contributed by atoms with Crippen molar-refractivity contribution in [2.24, 2.45) is 5.10 Å². The quantitative estimate of drug-likeness (QED) is 0.293. The smallest absolute Gasteiger partial charge is 0.462 e. The van der Waals surface area contributed by atoms with Gasteiger partial charge in [-0.25, -0.2) is 5.43 Å². The molecule has 5 nitrogen and oxygen atoms in total. The van der Waals surface area contributed by atoms with Crippen molar-refractivity contribution in [2.75, 3.05) is 13.2 Å². The predicted octanol–water partition coefficient (Wildman–Crippen LogP) is 4.35. The first-order valence-electron chi connectivity index (χ1n) is 6.96. The van der Waals surface area contributed by atoms with Crippen molar-refractivity contribution in [2.45, 2.75) is 25.1 Å². The molecule has 0 saturated heterocycles. The first-order valence-corrected chi connectivity index (χ1v) is 7.33. The minimum Gasteiger partial charge on any atom is -0.490 e. The number of alkyl halides is 7. The minimum absolute atomic E-state index is 0.0194. The van der Waals surface area contributed by atoms with E-state index in [1.807, 2.05) is 0 Å². The molecule has 0 aliphatic rings. The molecular formula is C14H11ClF7N3O2. The lowest BCUT2D eigenvalue weighted by atomic mass is 10.2. The largest absolute Gasteiger partial charge is 0.490 e. The van der Waals surface area contributed by atoms with Crippen molar-refractivity contribution >= 4 is 17.8 Å². The molecule has 27 heavy (non-hydrogen) atoms. The molecule has 1 rings (SSSR count). The van der Waals surface area contributed by atoms with E-state index < -0.39 is 18.1 Å². The predicted molar refractivity (Wildman–Crippen MR) is 80.4 cm³/mol. The first-order chi connectivity index (χ1) is 12.4. The summed E-state index contributed by atoms with van der Waals surface area (Å²) in [5, 5.41) is 11.1. The molecule has 0 amide bonds. The molecule has 0 bridgehead atoms. The number of hydrazone groups is 1. The van der Waals surface area contributed by atoms with Crippen molar-refractivity contribution in [1.29, 1.82) is 5.26 Å². The summed E-state index contributed by atoms with van der Waals surface area (Å²) >= 11 is 5.89. The molecule has 0 saturated carbocycles. The van der Waals surface area contributed by atoms with Gasteiger partial charge in [-0.05, 0) is 24.6 Å². The number of ether oxygens (including phenoxy) is 2. The van der Waals surface area contributed by atoms with E-state index in [1.54, 1.807) is 13.0 Å². The normalized spacial score (nSPS) is 12.7. The lowest BCUT2D eigenvalue weighted by Gasteiger charge is -2.27. The van der Waals surface area contributed by atoms with E-state index >= 15 is 0 Å². The first kappa shape index (κ1) is 22.6. The number of hydrogen-bond donors (Lipinski definition) is 1. The standard InChI is InChI=1S/C14H11ClF7N3O2/c1-2-26-10-6-8(5-9(15)11(10)27-4-3-23)7-24-25-14(21,22)12(16,17)13(18,19)20/h5-7,25H,2,4H2,1H3/b24-7+. The van der Waals surface area contributed by atoms with E-state index in [2.05, 4.69) is 5.10 Å². The Bertz CT molecular complexity index is 733. The Morgan fingerprint density at radius 3 is 2.33 bits per heavy atom.